The number of aryl methyl sites for hydroxylation is 4. The SMILES string of the molecule is Cc1ccc(C)c2c(C)cc(-c3cc4n(n3)CCCNC4)nc12. The molecule has 3 aromatic rings. The van der Waals surface area contributed by atoms with Crippen LogP contribution in [0.25, 0.3) is 22.3 Å². The molecule has 4 heteroatoms. The average Bonchev–Trinajstić information content (AvgIpc) is 2.81. The van der Waals surface area contributed by atoms with Crippen molar-refractivity contribution in [2.45, 2.75) is 40.3 Å². The fourth-order valence-electron chi connectivity index (χ4n) is 3.49. The van der Waals surface area contributed by atoms with Gasteiger partial charge in [-0.05, 0) is 62.6 Å². The Morgan fingerprint density at radius 3 is 2.70 bits per heavy atom. The molecule has 4 nitrogen and oxygen atoms in total. The first-order valence-corrected chi connectivity index (χ1v) is 8.29. The van der Waals surface area contributed by atoms with Crippen molar-refractivity contribution in [1.29, 1.82) is 0 Å². The van der Waals surface area contributed by atoms with Crippen molar-refractivity contribution in [2.75, 3.05) is 6.54 Å². The second-order valence-corrected chi connectivity index (χ2v) is 6.52. The maximum Gasteiger partial charge on any atom is 0.111 e. The van der Waals surface area contributed by atoms with Gasteiger partial charge in [-0.15, -0.1) is 0 Å². The number of aromatic nitrogens is 3. The van der Waals surface area contributed by atoms with Gasteiger partial charge in [-0.1, -0.05) is 12.1 Å². The summed E-state index contributed by atoms with van der Waals surface area (Å²) in [6.07, 6.45) is 1.12. The predicted octanol–water partition coefficient (Wildman–Crippen LogP) is 3.52. The van der Waals surface area contributed by atoms with Gasteiger partial charge in [0.2, 0.25) is 0 Å². The highest BCUT2D eigenvalue weighted by atomic mass is 15.3. The molecule has 0 bridgehead atoms. The molecule has 2 aromatic heterocycles. The van der Waals surface area contributed by atoms with Crippen LogP contribution >= 0.6 is 0 Å². The quantitative estimate of drug-likeness (QED) is 0.748. The van der Waals surface area contributed by atoms with E-state index in [0.29, 0.717) is 0 Å². The van der Waals surface area contributed by atoms with Crippen LogP contribution in [0.5, 0.6) is 0 Å². The van der Waals surface area contributed by atoms with Gasteiger partial charge in [-0.3, -0.25) is 4.68 Å². The number of nitrogens with zero attached hydrogens (tertiary/aromatic N) is 3. The number of benzene rings is 1. The Morgan fingerprint density at radius 2 is 1.83 bits per heavy atom. The van der Waals surface area contributed by atoms with Gasteiger partial charge in [-0.2, -0.15) is 5.10 Å². The van der Waals surface area contributed by atoms with Crippen molar-refractivity contribution >= 4 is 10.9 Å². The van der Waals surface area contributed by atoms with Crippen molar-refractivity contribution in [1.82, 2.24) is 20.1 Å². The second-order valence-electron chi connectivity index (χ2n) is 6.52. The average molecular weight is 306 g/mol. The largest absolute Gasteiger partial charge is 0.311 e. The highest BCUT2D eigenvalue weighted by Gasteiger charge is 2.15. The molecule has 118 valence electrons. The van der Waals surface area contributed by atoms with Gasteiger partial charge in [0.1, 0.15) is 5.69 Å². The molecule has 0 saturated heterocycles. The van der Waals surface area contributed by atoms with Gasteiger partial charge in [-0.25, -0.2) is 4.98 Å². The Morgan fingerprint density at radius 1 is 1.00 bits per heavy atom. The number of hydrogen-bond donors (Lipinski definition) is 1. The first-order chi connectivity index (χ1) is 11.1. The van der Waals surface area contributed by atoms with Crippen molar-refractivity contribution < 1.29 is 0 Å². The van der Waals surface area contributed by atoms with Crippen LogP contribution < -0.4 is 5.32 Å². The number of nitrogens with one attached hydrogen (secondary N) is 1. The fourth-order valence-corrected chi connectivity index (χ4v) is 3.49. The Bertz CT molecular complexity index is 869. The Kier molecular flexibility index (Phi) is 3.42. The van der Waals surface area contributed by atoms with Crippen LogP contribution in [-0.2, 0) is 13.1 Å². The molecule has 3 heterocycles. The highest BCUT2D eigenvalue weighted by molar-refractivity contribution is 5.89. The molecule has 0 saturated carbocycles. The van der Waals surface area contributed by atoms with Crippen LogP contribution in [0.2, 0.25) is 0 Å². The van der Waals surface area contributed by atoms with Crippen LogP contribution in [0.3, 0.4) is 0 Å². The molecule has 4 rings (SSSR count). The third-order valence-corrected chi connectivity index (χ3v) is 4.72. The lowest BCUT2D eigenvalue weighted by Gasteiger charge is -2.10. The zero-order valence-corrected chi connectivity index (χ0v) is 14.0. The Balaban J connectivity index is 1.88. The molecule has 1 aliphatic rings. The normalized spacial score (nSPS) is 14.7. The van der Waals surface area contributed by atoms with Crippen LogP contribution in [0.4, 0.5) is 0 Å². The first-order valence-electron chi connectivity index (χ1n) is 8.29. The molecule has 1 aromatic carbocycles. The van der Waals surface area contributed by atoms with Crippen molar-refractivity contribution in [3.8, 4) is 11.4 Å². The van der Waals surface area contributed by atoms with E-state index in [9.17, 15) is 0 Å². The second kappa shape index (κ2) is 5.46. The van der Waals surface area contributed by atoms with E-state index < -0.39 is 0 Å². The van der Waals surface area contributed by atoms with Crippen LogP contribution in [0, 0.1) is 20.8 Å². The number of fused-ring (bicyclic) bond motifs is 2. The molecule has 0 aliphatic carbocycles. The summed E-state index contributed by atoms with van der Waals surface area (Å²) in [5.41, 5.74) is 8.08. The summed E-state index contributed by atoms with van der Waals surface area (Å²) in [6, 6.07) is 8.68. The van der Waals surface area contributed by atoms with E-state index in [-0.39, 0.29) is 0 Å². The maximum atomic E-state index is 4.94. The standard InChI is InChI=1S/C19H22N4/c1-12-5-6-13(2)19-18(12)14(3)9-16(21-19)17-10-15-11-20-7-4-8-23(15)22-17/h5-6,9-10,20H,4,7-8,11H2,1-3H3. The van der Waals surface area contributed by atoms with E-state index in [1.54, 1.807) is 0 Å². The molecule has 0 fully saturated rings. The molecule has 0 spiro atoms. The topological polar surface area (TPSA) is 42.7 Å². The van der Waals surface area contributed by atoms with Crippen molar-refractivity contribution in [3.63, 3.8) is 0 Å². The molecule has 23 heavy (non-hydrogen) atoms. The highest BCUT2D eigenvalue weighted by Crippen LogP contribution is 2.28. The van der Waals surface area contributed by atoms with E-state index in [2.05, 4.69) is 55.0 Å². The lowest BCUT2D eigenvalue weighted by atomic mass is 10.0. The molecular formula is C19H22N4. The van der Waals surface area contributed by atoms with Gasteiger partial charge >= 0.3 is 0 Å². The molecule has 0 radical (unpaired) electrons. The van der Waals surface area contributed by atoms with Gasteiger partial charge in [0.15, 0.2) is 0 Å². The third-order valence-electron chi connectivity index (χ3n) is 4.72. The number of pyridine rings is 1. The third kappa shape index (κ3) is 2.43. The number of rotatable bonds is 1. The molecule has 1 N–H and O–H groups in total. The van der Waals surface area contributed by atoms with E-state index in [1.807, 2.05) is 0 Å². The van der Waals surface area contributed by atoms with Gasteiger partial charge < -0.3 is 5.32 Å². The Hall–Kier alpha value is -2.20. The summed E-state index contributed by atoms with van der Waals surface area (Å²) in [5, 5.41) is 9.51. The van der Waals surface area contributed by atoms with Crippen LogP contribution in [0.15, 0.2) is 24.3 Å². The lowest BCUT2D eigenvalue weighted by molar-refractivity contribution is 0.589. The zero-order valence-electron chi connectivity index (χ0n) is 14.0. The summed E-state index contributed by atoms with van der Waals surface area (Å²) in [7, 11) is 0. The first kappa shape index (κ1) is 14.4. The van der Waals surface area contributed by atoms with E-state index in [4.69, 9.17) is 10.1 Å². The van der Waals surface area contributed by atoms with E-state index in [1.165, 1.54) is 27.8 Å². The summed E-state index contributed by atoms with van der Waals surface area (Å²) in [6.45, 7) is 9.38. The molecular weight excluding hydrogens is 284 g/mol. The summed E-state index contributed by atoms with van der Waals surface area (Å²) in [5.74, 6) is 0. The van der Waals surface area contributed by atoms with Gasteiger partial charge in [0.05, 0.1) is 16.9 Å². The maximum absolute atomic E-state index is 4.94. The predicted molar refractivity (Wildman–Crippen MR) is 93.5 cm³/mol. The minimum atomic E-state index is 0.887. The fraction of sp³-hybridized carbons (Fsp3) is 0.368. The van der Waals surface area contributed by atoms with E-state index in [0.717, 1.165) is 43.0 Å². The molecule has 0 unspecified atom stereocenters. The lowest BCUT2D eigenvalue weighted by Crippen LogP contribution is -2.11. The Labute approximate surface area is 136 Å². The van der Waals surface area contributed by atoms with Crippen LogP contribution in [0.1, 0.15) is 28.8 Å². The smallest absolute Gasteiger partial charge is 0.111 e. The molecule has 1 aliphatic heterocycles. The minimum Gasteiger partial charge on any atom is -0.311 e. The minimum absolute atomic E-state index is 0.887. The van der Waals surface area contributed by atoms with Crippen molar-refractivity contribution in [3.05, 3.63) is 46.6 Å². The molecule has 0 atom stereocenters. The van der Waals surface area contributed by atoms with Gasteiger partial charge in [0.25, 0.3) is 0 Å². The summed E-state index contributed by atoms with van der Waals surface area (Å²) in [4.78, 5) is 4.94. The van der Waals surface area contributed by atoms with Crippen LogP contribution in [-0.4, -0.2) is 21.3 Å². The number of hydrogen-bond acceptors (Lipinski definition) is 3. The monoisotopic (exact) mass is 306 g/mol. The zero-order chi connectivity index (χ0) is 16.0. The van der Waals surface area contributed by atoms with Gasteiger partial charge in [0, 0.05) is 18.5 Å². The van der Waals surface area contributed by atoms with E-state index >= 15 is 0 Å². The summed E-state index contributed by atoms with van der Waals surface area (Å²) >= 11 is 0. The van der Waals surface area contributed by atoms with Crippen molar-refractivity contribution in [2.24, 2.45) is 0 Å². The molecule has 0 amide bonds. The summed E-state index contributed by atoms with van der Waals surface area (Å²) < 4.78 is 2.12.